The Morgan fingerprint density at radius 3 is 2.54 bits per heavy atom. The predicted octanol–water partition coefficient (Wildman–Crippen LogP) is 3.57. The van der Waals surface area contributed by atoms with Crippen LogP contribution >= 0.6 is 0 Å². The molecule has 3 N–H and O–H groups in total. The molecule has 4 aromatic rings. The summed E-state index contributed by atoms with van der Waals surface area (Å²) in [5, 5.41) is 19.7. The first-order valence-corrected chi connectivity index (χ1v) is 7.82. The molecular weight excluding hydrogens is 330 g/mol. The van der Waals surface area contributed by atoms with Crippen LogP contribution in [0.3, 0.4) is 0 Å². The predicted molar refractivity (Wildman–Crippen MR) is 95.9 cm³/mol. The lowest BCUT2D eigenvalue weighted by Crippen LogP contribution is -2.12. The minimum atomic E-state index is -0.617. The molecule has 1 amide bonds. The number of hydrogen-bond acceptors (Lipinski definition) is 4. The van der Waals surface area contributed by atoms with E-state index in [1.807, 2.05) is 18.2 Å². The quantitative estimate of drug-likeness (QED) is 0.593. The zero-order valence-electron chi connectivity index (χ0n) is 13.5. The van der Waals surface area contributed by atoms with Crippen LogP contribution in [0.4, 0.5) is 0 Å². The number of phenols is 1. The molecule has 0 bridgehead atoms. The number of nitrogens with zero attached hydrogens (tertiary/aromatic N) is 2. The molecule has 2 heterocycles. The second kappa shape index (κ2) is 5.83. The minimum Gasteiger partial charge on any atom is -0.508 e. The van der Waals surface area contributed by atoms with Crippen LogP contribution in [0.25, 0.3) is 28.0 Å². The van der Waals surface area contributed by atoms with Gasteiger partial charge in [0.25, 0.3) is 5.91 Å². The number of furan rings is 1. The van der Waals surface area contributed by atoms with Gasteiger partial charge in [0.15, 0.2) is 5.76 Å². The van der Waals surface area contributed by atoms with E-state index in [0.717, 1.165) is 5.52 Å². The third-order valence-corrected chi connectivity index (χ3v) is 4.23. The van der Waals surface area contributed by atoms with E-state index < -0.39 is 5.91 Å². The molecule has 0 saturated heterocycles. The zero-order chi connectivity index (χ0) is 18.3. The number of fused-ring (bicyclic) bond motifs is 1. The van der Waals surface area contributed by atoms with Crippen molar-refractivity contribution in [1.82, 2.24) is 4.57 Å². The van der Waals surface area contributed by atoms with Gasteiger partial charge in [-0.15, -0.1) is 0 Å². The standard InChI is InChI=1S/C20H13N3O3/c21-11-12-9-10-26-19(12)18-17(20(22)25)15-3-1-2-4-16(15)23(18)13-5-7-14(24)8-6-13/h1-10,24H,(H2,22,25). The fourth-order valence-corrected chi connectivity index (χ4v) is 3.15. The smallest absolute Gasteiger partial charge is 0.251 e. The molecule has 0 aliphatic rings. The van der Waals surface area contributed by atoms with Crippen LogP contribution < -0.4 is 5.73 Å². The molecule has 0 spiro atoms. The maximum atomic E-state index is 12.3. The number of aromatic nitrogens is 1. The van der Waals surface area contributed by atoms with Crippen molar-refractivity contribution in [2.75, 3.05) is 0 Å². The van der Waals surface area contributed by atoms with Crippen LogP contribution in [0.5, 0.6) is 5.75 Å². The summed E-state index contributed by atoms with van der Waals surface area (Å²) in [5.74, 6) is -0.225. The third-order valence-electron chi connectivity index (χ3n) is 4.23. The number of nitriles is 1. The van der Waals surface area contributed by atoms with Gasteiger partial charge in [-0.2, -0.15) is 5.26 Å². The van der Waals surface area contributed by atoms with Crippen molar-refractivity contribution in [3.63, 3.8) is 0 Å². The highest BCUT2D eigenvalue weighted by atomic mass is 16.3. The number of primary amides is 1. The van der Waals surface area contributed by atoms with E-state index in [1.165, 1.54) is 6.26 Å². The summed E-state index contributed by atoms with van der Waals surface area (Å²) in [4.78, 5) is 12.3. The SMILES string of the molecule is N#Cc1ccoc1-c1c(C(N)=O)c2ccccc2n1-c1ccc(O)cc1. The molecule has 126 valence electrons. The number of rotatable bonds is 3. The summed E-state index contributed by atoms with van der Waals surface area (Å²) >= 11 is 0. The lowest BCUT2D eigenvalue weighted by atomic mass is 10.1. The van der Waals surface area contributed by atoms with Crippen LogP contribution in [0.1, 0.15) is 15.9 Å². The molecule has 0 radical (unpaired) electrons. The van der Waals surface area contributed by atoms with Crippen molar-refractivity contribution in [3.05, 3.63) is 72.0 Å². The second-order valence-corrected chi connectivity index (χ2v) is 5.73. The fourth-order valence-electron chi connectivity index (χ4n) is 3.15. The minimum absolute atomic E-state index is 0.123. The number of phenolic OH excluding ortho intramolecular Hbond substituents is 1. The largest absolute Gasteiger partial charge is 0.508 e. The first-order chi connectivity index (χ1) is 12.6. The van der Waals surface area contributed by atoms with Gasteiger partial charge in [0.1, 0.15) is 17.5 Å². The van der Waals surface area contributed by atoms with Gasteiger partial charge >= 0.3 is 0 Å². The van der Waals surface area contributed by atoms with Gasteiger partial charge in [0.2, 0.25) is 0 Å². The summed E-state index contributed by atoms with van der Waals surface area (Å²) in [6.45, 7) is 0. The molecule has 0 saturated carbocycles. The Labute approximate surface area is 148 Å². The number of benzene rings is 2. The lowest BCUT2D eigenvalue weighted by molar-refractivity contribution is 0.100. The zero-order valence-corrected chi connectivity index (χ0v) is 13.5. The highest BCUT2D eigenvalue weighted by Crippen LogP contribution is 2.38. The monoisotopic (exact) mass is 343 g/mol. The van der Waals surface area contributed by atoms with E-state index in [2.05, 4.69) is 6.07 Å². The second-order valence-electron chi connectivity index (χ2n) is 5.73. The number of aromatic hydroxyl groups is 1. The van der Waals surface area contributed by atoms with Gasteiger partial charge in [-0.25, -0.2) is 0 Å². The van der Waals surface area contributed by atoms with Crippen LogP contribution in [0.2, 0.25) is 0 Å². The average molecular weight is 343 g/mol. The van der Waals surface area contributed by atoms with E-state index in [1.54, 1.807) is 41.0 Å². The van der Waals surface area contributed by atoms with Crippen molar-refractivity contribution in [3.8, 4) is 29.0 Å². The average Bonchev–Trinajstić information content (AvgIpc) is 3.24. The van der Waals surface area contributed by atoms with Crippen molar-refractivity contribution in [1.29, 1.82) is 5.26 Å². The molecule has 0 aliphatic carbocycles. The van der Waals surface area contributed by atoms with Crippen LogP contribution in [0, 0.1) is 11.3 Å². The van der Waals surface area contributed by atoms with Gasteiger partial charge < -0.3 is 19.8 Å². The lowest BCUT2D eigenvalue weighted by Gasteiger charge is -2.11. The summed E-state index contributed by atoms with van der Waals surface area (Å²) < 4.78 is 7.35. The Kier molecular flexibility index (Phi) is 3.48. The van der Waals surface area contributed by atoms with E-state index >= 15 is 0 Å². The number of carbonyl (C=O) groups is 1. The molecule has 0 atom stereocenters. The normalized spacial score (nSPS) is 10.7. The van der Waals surface area contributed by atoms with Gasteiger partial charge in [0, 0.05) is 11.1 Å². The Balaban J connectivity index is 2.19. The van der Waals surface area contributed by atoms with Crippen molar-refractivity contribution in [2.24, 2.45) is 5.73 Å². The van der Waals surface area contributed by atoms with E-state index in [0.29, 0.717) is 22.3 Å². The number of para-hydroxylation sites is 1. The number of amides is 1. The molecule has 2 aromatic carbocycles. The van der Waals surface area contributed by atoms with Crippen molar-refractivity contribution < 1.29 is 14.3 Å². The van der Waals surface area contributed by atoms with Gasteiger partial charge in [-0.05, 0) is 36.4 Å². The van der Waals surface area contributed by atoms with Crippen molar-refractivity contribution >= 4 is 16.8 Å². The molecule has 4 rings (SSSR count). The Bertz CT molecular complexity index is 1180. The Hall–Kier alpha value is -3.98. The summed E-state index contributed by atoms with van der Waals surface area (Å²) in [6, 6.07) is 17.4. The molecule has 0 aliphatic heterocycles. The van der Waals surface area contributed by atoms with Crippen LogP contribution in [-0.2, 0) is 0 Å². The van der Waals surface area contributed by atoms with Gasteiger partial charge in [0.05, 0.1) is 22.9 Å². The Morgan fingerprint density at radius 2 is 1.85 bits per heavy atom. The highest BCUT2D eigenvalue weighted by Gasteiger charge is 2.26. The molecule has 2 aromatic heterocycles. The van der Waals surface area contributed by atoms with Crippen LogP contribution in [0.15, 0.2) is 65.3 Å². The fraction of sp³-hybridized carbons (Fsp3) is 0. The molecule has 0 unspecified atom stereocenters. The van der Waals surface area contributed by atoms with Gasteiger partial charge in [-0.3, -0.25) is 4.79 Å². The maximum Gasteiger partial charge on any atom is 0.251 e. The third kappa shape index (κ3) is 2.23. The first-order valence-electron chi connectivity index (χ1n) is 7.82. The van der Waals surface area contributed by atoms with Gasteiger partial charge in [-0.1, -0.05) is 18.2 Å². The molecular formula is C20H13N3O3. The van der Waals surface area contributed by atoms with Crippen molar-refractivity contribution in [2.45, 2.75) is 0 Å². The number of nitrogens with two attached hydrogens (primary N) is 1. The summed E-state index contributed by atoms with van der Waals surface area (Å²) in [6.07, 6.45) is 1.40. The molecule has 26 heavy (non-hydrogen) atoms. The number of carbonyl (C=O) groups excluding carboxylic acids is 1. The van der Waals surface area contributed by atoms with Crippen LogP contribution in [-0.4, -0.2) is 15.6 Å². The Morgan fingerprint density at radius 1 is 1.12 bits per heavy atom. The molecule has 0 fully saturated rings. The molecule has 6 nitrogen and oxygen atoms in total. The van der Waals surface area contributed by atoms with E-state index in [4.69, 9.17) is 10.2 Å². The maximum absolute atomic E-state index is 12.3. The first kappa shape index (κ1) is 15.5. The molecule has 6 heteroatoms. The number of hydrogen-bond donors (Lipinski definition) is 2. The summed E-state index contributed by atoms with van der Waals surface area (Å²) in [5.41, 5.74) is 8.10. The van der Waals surface area contributed by atoms with E-state index in [-0.39, 0.29) is 17.1 Å². The highest BCUT2D eigenvalue weighted by molar-refractivity contribution is 6.12. The topological polar surface area (TPSA) is 105 Å². The van der Waals surface area contributed by atoms with E-state index in [9.17, 15) is 15.2 Å². The summed E-state index contributed by atoms with van der Waals surface area (Å²) in [7, 11) is 0.